The first kappa shape index (κ1) is 28.3. The Hall–Kier alpha value is -4.25. The molecule has 1 heterocycles. The summed E-state index contributed by atoms with van der Waals surface area (Å²) in [7, 11) is 1.28. The molecule has 0 saturated carbocycles. The maximum absolute atomic E-state index is 12.4. The van der Waals surface area contributed by atoms with Gasteiger partial charge in [-0.05, 0) is 63.1 Å². The standard InChI is InChI=1S/C27H34N4O7/c1-6-36-22-13-19(25-24(26(33)35-5)17(4)29-27(34)30-25)10-11-21(22)37-15-23(32)31-28-14-18-8-7-9-20(12-18)38-16(2)3/h7-14,16,23,25,31-32H,6,15H2,1-5H3,(H2,29,30,34)/b28-14+/t23-,25+/m0/s1. The molecule has 2 amide bonds. The highest BCUT2D eigenvalue weighted by Gasteiger charge is 2.32. The Morgan fingerprint density at radius 2 is 1.97 bits per heavy atom. The number of nitrogens with zero attached hydrogens (tertiary/aromatic N) is 1. The normalized spacial score (nSPS) is 16.1. The predicted octanol–water partition coefficient (Wildman–Crippen LogP) is 2.99. The molecule has 11 nitrogen and oxygen atoms in total. The average Bonchev–Trinajstić information content (AvgIpc) is 2.87. The van der Waals surface area contributed by atoms with Gasteiger partial charge in [0.15, 0.2) is 17.7 Å². The number of nitrogens with one attached hydrogen (secondary N) is 3. The van der Waals surface area contributed by atoms with Crippen molar-refractivity contribution in [1.82, 2.24) is 16.1 Å². The van der Waals surface area contributed by atoms with E-state index in [0.29, 0.717) is 29.4 Å². The van der Waals surface area contributed by atoms with Gasteiger partial charge >= 0.3 is 12.0 Å². The Balaban J connectivity index is 1.67. The first-order chi connectivity index (χ1) is 18.2. The van der Waals surface area contributed by atoms with Gasteiger partial charge in [0, 0.05) is 5.70 Å². The molecule has 204 valence electrons. The first-order valence-corrected chi connectivity index (χ1v) is 12.2. The third kappa shape index (κ3) is 7.62. The van der Waals surface area contributed by atoms with Gasteiger partial charge in [0.1, 0.15) is 12.4 Å². The van der Waals surface area contributed by atoms with E-state index in [-0.39, 0.29) is 18.3 Å². The van der Waals surface area contributed by atoms with Gasteiger partial charge in [0.2, 0.25) is 0 Å². The lowest BCUT2D eigenvalue weighted by molar-refractivity contribution is -0.136. The zero-order valence-corrected chi connectivity index (χ0v) is 22.1. The van der Waals surface area contributed by atoms with Crippen molar-refractivity contribution >= 4 is 18.2 Å². The third-order valence-electron chi connectivity index (χ3n) is 5.34. The molecule has 3 rings (SSSR count). The van der Waals surface area contributed by atoms with Gasteiger partial charge in [-0.2, -0.15) is 5.10 Å². The maximum atomic E-state index is 12.4. The number of ether oxygens (including phenoxy) is 4. The maximum Gasteiger partial charge on any atom is 0.337 e. The largest absolute Gasteiger partial charge is 0.491 e. The van der Waals surface area contributed by atoms with Crippen LogP contribution >= 0.6 is 0 Å². The van der Waals surface area contributed by atoms with Crippen LogP contribution in [-0.4, -0.2) is 56.0 Å². The fourth-order valence-electron chi connectivity index (χ4n) is 3.76. The van der Waals surface area contributed by atoms with E-state index in [2.05, 4.69) is 21.2 Å². The molecule has 0 bridgehead atoms. The molecule has 2 aromatic carbocycles. The van der Waals surface area contributed by atoms with Crippen LogP contribution in [0.1, 0.15) is 44.9 Å². The minimum absolute atomic E-state index is 0.0591. The van der Waals surface area contributed by atoms with Crippen LogP contribution in [0.25, 0.3) is 0 Å². The molecule has 0 spiro atoms. The lowest BCUT2D eigenvalue weighted by Crippen LogP contribution is -2.45. The highest BCUT2D eigenvalue weighted by molar-refractivity contribution is 5.95. The van der Waals surface area contributed by atoms with Crippen LogP contribution in [0.15, 0.2) is 58.8 Å². The summed E-state index contributed by atoms with van der Waals surface area (Å²) in [5.74, 6) is 0.928. The summed E-state index contributed by atoms with van der Waals surface area (Å²) < 4.78 is 22.1. The molecule has 1 aliphatic rings. The molecule has 4 N–H and O–H groups in total. The highest BCUT2D eigenvalue weighted by atomic mass is 16.5. The van der Waals surface area contributed by atoms with Crippen LogP contribution in [0.5, 0.6) is 17.2 Å². The number of rotatable bonds is 12. The van der Waals surface area contributed by atoms with E-state index >= 15 is 0 Å². The van der Waals surface area contributed by atoms with Gasteiger partial charge < -0.3 is 34.7 Å². The van der Waals surface area contributed by atoms with E-state index < -0.39 is 24.3 Å². The number of esters is 1. The van der Waals surface area contributed by atoms with Crippen molar-refractivity contribution in [2.24, 2.45) is 5.10 Å². The Labute approximate surface area is 221 Å². The van der Waals surface area contributed by atoms with E-state index in [0.717, 1.165) is 11.3 Å². The van der Waals surface area contributed by atoms with Crippen molar-refractivity contribution in [3.05, 3.63) is 64.9 Å². The number of carbonyl (C=O) groups excluding carboxylic acids is 2. The first-order valence-electron chi connectivity index (χ1n) is 12.2. The highest BCUT2D eigenvalue weighted by Crippen LogP contribution is 2.34. The van der Waals surface area contributed by atoms with E-state index in [1.54, 1.807) is 31.3 Å². The molecule has 0 aliphatic carbocycles. The number of hydrazone groups is 1. The lowest BCUT2D eigenvalue weighted by atomic mass is 9.95. The van der Waals surface area contributed by atoms with Crippen molar-refractivity contribution in [2.75, 3.05) is 20.3 Å². The smallest absolute Gasteiger partial charge is 0.337 e. The number of benzene rings is 2. The van der Waals surface area contributed by atoms with E-state index in [9.17, 15) is 14.7 Å². The molecular weight excluding hydrogens is 492 g/mol. The minimum atomic E-state index is -1.10. The van der Waals surface area contributed by atoms with Crippen molar-refractivity contribution in [1.29, 1.82) is 0 Å². The van der Waals surface area contributed by atoms with Crippen molar-refractivity contribution in [2.45, 2.75) is 46.1 Å². The molecular formula is C27H34N4O7. The summed E-state index contributed by atoms with van der Waals surface area (Å²) in [5, 5.41) is 19.7. The number of carbonyl (C=O) groups is 2. The molecule has 0 aromatic heterocycles. The molecule has 2 aromatic rings. The van der Waals surface area contributed by atoms with Crippen molar-refractivity contribution in [3.63, 3.8) is 0 Å². The zero-order chi connectivity index (χ0) is 27.7. The number of hydrogen-bond donors (Lipinski definition) is 4. The fourth-order valence-corrected chi connectivity index (χ4v) is 3.76. The quantitative estimate of drug-likeness (QED) is 0.143. The minimum Gasteiger partial charge on any atom is -0.491 e. The van der Waals surface area contributed by atoms with Crippen molar-refractivity contribution < 1.29 is 33.6 Å². The second-order valence-corrected chi connectivity index (χ2v) is 8.65. The SMILES string of the molecule is CCOc1cc([C@H]2NC(=O)NC(C)=C2C(=O)OC)ccc1OC[C@H](O)N/N=C/c1cccc(OC(C)C)c1. The molecule has 38 heavy (non-hydrogen) atoms. The number of amides is 2. The number of hydrogen-bond acceptors (Lipinski definition) is 9. The molecule has 2 atom stereocenters. The van der Waals surface area contributed by atoms with E-state index in [1.165, 1.54) is 7.11 Å². The number of methoxy groups -OCH3 is 1. The van der Waals surface area contributed by atoms with Gasteiger partial charge in [-0.1, -0.05) is 18.2 Å². The Bertz CT molecular complexity index is 1200. The Morgan fingerprint density at radius 1 is 1.18 bits per heavy atom. The number of allylic oxidation sites excluding steroid dienone is 1. The number of aliphatic hydroxyl groups excluding tert-OH is 1. The van der Waals surface area contributed by atoms with E-state index in [4.69, 9.17) is 18.9 Å². The summed E-state index contributed by atoms with van der Waals surface area (Å²) in [6.45, 7) is 7.58. The lowest BCUT2D eigenvalue weighted by Gasteiger charge is -2.28. The van der Waals surface area contributed by atoms with Crippen LogP contribution in [0, 0.1) is 0 Å². The van der Waals surface area contributed by atoms with Gasteiger partial charge in [-0.25, -0.2) is 9.59 Å². The molecule has 1 aliphatic heterocycles. The predicted molar refractivity (Wildman–Crippen MR) is 141 cm³/mol. The molecule has 11 heteroatoms. The fraction of sp³-hybridized carbons (Fsp3) is 0.370. The summed E-state index contributed by atoms with van der Waals surface area (Å²) >= 11 is 0. The second-order valence-electron chi connectivity index (χ2n) is 8.65. The molecule has 0 fully saturated rings. The van der Waals surface area contributed by atoms with Gasteiger partial charge in [-0.15, -0.1) is 0 Å². The monoisotopic (exact) mass is 526 g/mol. The third-order valence-corrected chi connectivity index (χ3v) is 5.34. The number of urea groups is 1. The van der Waals surface area contributed by atoms with Crippen molar-refractivity contribution in [3.8, 4) is 17.2 Å². The summed E-state index contributed by atoms with van der Waals surface area (Å²) in [6, 6.07) is 11.3. The van der Waals surface area contributed by atoms with Crippen LogP contribution in [0.4, 0.5) is 4.79 Å². The topological polar surface area (TPSA) is 140 Å². The van der Waals surface area contributed by atoms with Crippen LogP contribution in [-0.2, 0) is 9.53 Å². The summed E-state index contributed by atoms with van der Waals surface area (Å²) in [6.07, 6.45) is 0.526. The molecule has 0 unspecified atom stereocenters. The average molecular weight is 527 g/mol. The number of aliphatic hydroxyl groups is 1. The van der Waals surface area contributed by atoms with Crippen LogP contribution < -0.4 is 30.3 Å². The van der Waals surface area contributed by atoms with Crippen LogP contribution in [0.2, 0.25) is 0 Å². The summed E-state index contributed by atoms with van der Waals surface area (Å²) in [4.78, 5) is 24.5. The second kappa shape index (κ2) is 13.3. The van der Waals surface area contributed by atoms with Gasteiger partial charge in [0.05, 0.1) is 37.7 Å². The molecule has 0 radical (unpaired) electrons. The van der Waals surface area contributed by atoms with Gasteiger partial charge in [-0.3, -0.25) is 5.43 Å². The Morgan fingerprint density at radius 3 is 2.68 bits per heavy atom. The van der Waals surface area contributed by atoms with Gasteiger partial charge in [0.25, 0.3) is 0 Å². The zero-order valence-electron chi connectivity index (χ0n) is 22.1. The van der Waals surface area contributed by atoms with E-state index in [1.807, 2.05) is 45.0 Å². The summed E-state index contributed by atoms with van der Waals surface area (Å²) in [5.41, 5.74) is 4.70. The Kier molecular flexibility index (Phi) is 9.94. The van der Waals surface area contributed by atoms with Crippen LogP contribution in [0.3, 0.4) is 0 Å². The molecule has 0 saturated heterocycles.